The first kappa shape index (κ1) is 18.7. The summed E-state index contributed by atoms with van der Waals surface area (Å²) in [6, 6.07) is 17.4. The fourth-order valence-corrected chi connectivity index (χ4v) is 4.07. The summed E-state index contributed by atoms with van der Waals surface area (Å²) in [5.41, 5.74) is 4.07. The van der Waals surface area contributed by atoms with E-state index in [1.807, 2.05) is 54.7 Å². The van der Waals surface area contributed by atoms with Crippen molar-refractivity contribution in [1.29, 1.82) is 0 Å². The van der Waals surface area contributed by atoms with E-state index in [2.05, 4.69) is 25.2 Å². The maximum Gasteiger partial charge on any atom is 0.191 e. The molecule has 0 aliphatic carbocycles. The fourth-order valence-electron chi connectivity index (χ4n) is 4.07. The Kier molecular flexibility index (Phi) is 4.43. The molecule has 6 rings (SSSR count). The normalized spacial score (nSPS) is 14.3. The molecule has 0 radical (unpaired) electrons. The van der Waals surface area contributed by atoms with Crippen molar-refractivity contribution in [1.82, 2.24) is 25.0 Å². The van der Waals surface area contributed by atoms with Gasteiger partial charge in [-0.15, -0.1) is 5.10 Å². The Morgan fingerprint density at radius 1 is 1.00 bits per heavy atom. The van der Waals surface area contributed by atoms with Crippen molar-refractivity contribution in [3.8, 4) is 16.9 Å². The first-order valence-corrected chi connectivity index (χ1v) is 10.5. The van der Waals surface area contributed by atoms with Crippen LogP contribution in [-0.4, -0.2) is 51.3 Å². The van der Waals surface area contributed by atoms with Gasteiger partial charge in [-0.25, -0.2) is 4.68 Å². The lowest BCUT2D eigenvalue weighted by Gasteiger charge is -2.28. The topological polar surface area (TPSA) is 88.9 Å². The molecule has 32 heavy (non-hydrogen) atoms. The number of aromatic nitrogens is 5. The predicted molar refractivity (Wildman–Crippen MR) is 123 cm³/mol. The largest absolute Gasteiger partial charge is 0.378 e. The predicted octanol–water partition coefficient (Wildman–Crippen LogP) is 3.16. The molecule has 5 aromatic rings. The van der Waals surface area contributed by atoms with Crippen molar-refractivity contribution in [3.05, 3.63) is 77.2 Å². The molecule has 1 saturated heterocycles. The molecule has 0 spiro atoms. The average Bonchev–Trinajstić information content (AvgIpc) is 3.34. The second kappa shape index (κ2) is 7.58. The number of ether oxygens (including phenoxy) is 1. The Labute approximate surface area is 183 Å². The molecule has 158 valence electrons. The van der Waals surface area contributed by atoms with E-state index in [0.29, 0.717) is 24.3 Å². The summed E-state index contributed by atoms with van der Waals surface area (Å²) in [6.45, 7) is 2.88. The smallest absolute Gasteiger partial charge is 0.191 e. The Bertz CT molecular complexity index is 1500. The molecule has 2 aromatic carbocycles. The number of rotatable bonds is 3. The molecule has 1 fully saturated rings. The molecule has 0 saturated carbocycles. The number of anilines is 1. The molecule has 3 aromatic heterocycles. The van der Waals surface area contributed by atoms with Gasteiger partial charge in [-0.05, 0) is 24.3 Å². The summed E-state index contributed by atoms with van der Waals surface area (Å²) in [7, 11) is 0. The number of H-pyrrole nitrogens is 1. The highest BCUT2D eigenvalue weighted by atomic mass is 16.5. The van der Waals surface area contributed by atoms with Crippen LogP contribution in [0.1, 0.15) is 0 Å². The molecule has 0 amide bonds. The van der Waals surface area contributed by atoms with Crippen LogP contribution in [0.2, 0.25) is 0 Å². The molecule has 1 N–H and O–H groups in total. The van der Waals surface area contributed by atoms with Gasteiger partial charge >= 0.3 is 0 Å². The van der Waals surface area contributed by atoms with Gasteiger partial charge in [0.15, 0.2) is 5.43 Å². The third-order valence-corrected chi connectivity index (χ3v) is 5.80. The second-order valence-electron chi connectivity index (χ2n) is 7.81. The molecular formula is C24H20N6O2. The highest BCUT2D eigenvalue weighted by Gasteiger charge is 2.14. The summed E-state index contributed by atoms with van der Waals surface area (Å²) in [5.74, 6) is 0.827. The van der Waals surface area contributed by atoms with Gasteiger partial charge in [-0.2, -0.15) is 0 Å². The van der Waals surface area contributed by atoms with Gasteiger partial charge in [0.25, 0.3) is 0 Å². The Morgan fingerprint density at radius 2 is 1.88 bits per heavy atom. The SMILES string of the molecule is O=c1cc(N2CCOCC2)[nH]c2ccc(-c3cn(-c4cnc5ccccc5c4)nn3)cc12. The fraction of sp³-hybridized carbons (Fsp3) is 0.167. The summed E-state index contributed by atoms with van der Waals surface area (Å²) in [4.78, 5) is 22.9. The van der Waals surface area contributed by atoms with Crippen LogP contribution >= 0.6 is 0 Å². The van der Waals surface area contributed by atoms with Gasteiger partial charge in [0.05, 0.1) is 42.3 Å². The average molecular weight is 424 g/mol. The summed E-state index contributed by atoms with van der Waals surface area (Å²) in [5, 5.41) is 10.3. The third-order valence-electron chi connectivity index (χ3n) is 5.80. The number of pyridine rings is 2. The van der Waals surface area contributed by atoms with E-state index in [0.717, 1.165) is 46.6 Å². The van der Waals surface area contributed by atoms with E-state index in [9.17, 15) is 4.79 Å². The number of benzene rings is 2. The zero-order chi connectivity index (χ0) is 21.5. The molecule has 0 unspecified atom stereocenters. The Morgan fingerprint density at radius 3 is 2.78 bits per heavy atom. The number of fused-ring (bicyclic) bond motifs is 2. The van der Waals surface area contributed by atoms with E-state index in [1.54, 1.807) is 16.9 Å². The second-order valence-corrected chi connectivity index (χ2v) is 7.81. The third kappa shape index (κ3) is 3.30. The van der Waals surface area contributed by atoms with Crippen LogP contribution in [0.5, 0.6) is 0 Å². The zero-order valence-electron chi connectivity index (χ0n) is 17.2. The van der Waals surface area contributed by atoms with Gasteiger partial charge in [0.1, 0.15) is 11.5 Å². The summed E-state index contributed by atoms with van der Waals surface area (Å²) in [6.07, 6.45) is 3.63. The van der Waals surface area contributed by atoms with Gasteiger partial charge in [0.2, 0.25) is 0 Å². The highest BCUT2D eigenvalue weighted by Crippen LogP contribution is 2.23. The first-order chi connectivity index (χ1) is 15.7. The van der Waals surface area contributed by atoms with Gasteiger partial charge in [-0.1, -0.05) is 29.5 Å². The summed E-state index contributed by atoms with van der Waals surface area (Å²) >= 11 is 0. The van der Waals surface area contributed by atoms with Crippen molar-refractivity contribution < 1.29 is 4.74 Å². The maximum absolute atomic E-state index is 12.8. The van der Waals surface area contributed by atoms with Gasteiger partial charge < -0.3 is 14.6 Å². The monoisotopic (exact) mass is 424 g/mol. The van der Waals surface area contributed by atoms with Crippen LogP contribution in [-0.2, 0) is 4.74 Å². The van der Waals surface area contributed by atoms with Crippen molar-refractivity contribution >= 4 is 27.6 Å². The quantitative estimate of drug-likeness (QED) is 0.479. The van der Waals surface area contributed by atoms with Crippen molar-refractivity contribution in [2.45, 2.75) is 0 Å². The van der Waals surface area contributed by atoms with E-state index in [4.69, 9.17) is 4.74 Å². The molecular weight excluding hydrogens is 404 g/mol. The number of aromatic amines is 1. The lowest BCUT2D eigenvalue weighted by Crippen LogP contribution is -2.37. The molecule has 1 aliphatic heterocycles. The van der Waals surface area contributed by atoms with Crippen molar-refractivity contribution in [3.63, 3.8) is 0 Å². The molecule has 1 aliphatic rings. The molecule has 0 atom stereocenters. The van der Waals surface area contributed by atoms with E-state index in [1.165, 1.54) is 0 Å². The standard InChI is InChI=1S/C24H20N6O2/c31-23-13-24(29-7-9-32-10-8-29)26-21-6-5-17(12-19(21)23)22-15-30(28-27-22)18-11-16-3-1-2-4-20(16)25-14-18/h1-6,11-15H,7-10H2,(H,26,31). The summed E-state index contributed by atoms with van der Waals surface area (Å²) < 4.78 is 7.11. The molecule has 8 heteroatoms. The number of hydrogen-bond acceptors (Lipinski definition) is 6. The number of hydrogen-bond donors (Lipinski definition) is 1. The first-order valence-electron chi connectivity index (χ1n) is 10.5. The highest BCUT2D eigenvalue weighted by molar-refractivity contribution is 5.85. The number of para-hydroxylation sites is 1. The minimum Gasteiger partial charge on any atom is -0.378 e. The van der Waals surface area contributed by atoms with Gasteiger partial charge in [0, 0.05) is 35.5 Å². The Balaban J connectivity index is 1.35. The van der Waals surface area contributed by atoms with Crippen LogP contribution in [0.15, 0.2) is 71.8 Å². The zero-order valence-corrected chi connectivity index (χ0v) is 17.2. The van der Waals surface area contributed by atoms with Crippen molar-refractivity contribution in [2.24, 2.45) is 0 Å². The molecule has 4 heterocycles. The number of nitrogens with one attached hydrogen (secondary N) is 1. The number of nitrogens with zero attached hydrogens (tertiary/aromatic N) is 5. The van der Waals surface area contributed by atoms with Crippen LogP contribution in [0.4, 0.5) is 5.82 Å². The van der Waals surface area contributed by atoms with Gasteiger partial charge in [-0.3, -0.25) is 9.78 Å². The lowest BCUT2D eigenvalue weighted by molar-refractivity contribution is 0.122. The minimum atomic E-state index is -0.0202. The van der Waals surface area contributed by atoms with Crippen LogP contribution < -0.4 is 10.3 Å². The van der Waals surface area contributed by atoms with E-state index >= 15 is 0 Å². The minimum absolute atomic E-state index is 0.0202. The van der Waals surface area contributed by atoms with E-state index in [-0.39, 0.29) is 5.43 Å². The number of morpholine rings is 1. The Hall–Kier alpha value is -4.04. The molecule has 0 bridgehead atoms. The van der Waals surface area contributed by atoms with Crippen LogP contribution in [0.3, 0.4) is 0 Å². The lowest BCUT2D eigenvalue weighted by atomic mass is 10.1. The van der Waals surface area contributed by atoms with Crippen molar-refractivity contribution in [2.75, 3.05) is 31.2 Å². The van der Waals surface area contributed by atoms with Crippen LogP contribution in [0, 0.1) is 0 Å². The molecule has 8 nitrogen and oxygen atoms in total. The van der Waals surface area contributed by atoms with E-state index < -0.39 is 0 Å². The van der Waals surface area contributed by atoms with Crippen LogP contribution in [0.25, 0.3) is 38.8 Å². The maximum atomic E-state index is 12.8.